The summed E-state index contributed by atoms with van der Waals surface area (Å²) in [7, 11) is 0. The van der Waals surface area contributed by atoms with Gasteiger partial charge in [0.1, 0.15) is 0 Å². The summed E-state index contributed by atoms with van der Waals surface area (Å²) in [5.74, 6) is -0.564. The molecular formula is C15H29Cl2N5O3. The van der Waals surface area contributed by atoms with Crippen molar-refractivity contribution < 1.29 is 14.7 Å². The zero-order chi connectivity index (χ0) is 17.7. The largest absolute Gasteiger partial charge is 0.391 e. The summed E-state index contributed by atoms with van der Waals surface area (Å²) in [6.45, 7) is 2.19. The van der Waals surface area contributed by atoms with Gasteiger partial charge >= 0.3 is 0 Å². The second-order valence-corrected chi connectivity index (χ2v) is 5.11. The van der Waals surface area contributed by atoms with E-state index in [1.807, 2.05) is 6.92 Å². The molecule has 0 saturated heterocycles. The Morgan fingerprint density at radius 2 is 1.88 bits per heavy atom. The van der Waals surface area contributed by atoms with Crippen molar-refractivity contribution in [3.63, 3.8) is 0 Å². The van der Waals surface area contributed by atoms with Crippen molar-refractivity contribution in [3.8, 4) is 0 Å². The third kappa shape index (κ3) is 18.6. The van der Waals surface area contributed by atoms with Crippen LogP contribution in [0, 0.1) is 5.41 Å². The summed E-state index contributed by atoms with van der Waals surface area (Å²) in [5.41, 5.74) is 11.0. The Balaban J connectivity index is -0.00000242. The average Bonchev–Trinajstić information content (AvgIpc) is 2.44. The molecule has 0 rings (SSSR count). The summed E-state index contributed by atoms with van der Waals surface area (Å²) >= 11 is 0. The van der Waals surface area contributed by atoms with Crippen molar-refractivity contribution in [2.45, 2.75) is 38.3 Å². The molecule has 8 nitrogen and oxygen atoms in total. The highest BCUT2D eigenvalue weighted by molar-refractivity contribution is 5.87. The number of nitrogens with two attached hydrogens (primary N) is 2. The van der Waals surface area contributed by atoms with Crippen LogP contribution in [0.1, 0.15) is 26.2 Å². The molecule has 2 amide bonds. The monoisotopic (exact) mass is 397 g/mol. The molecule has 0 aliphatic heterocycles. The quantitative estimate of drug-likeness (QED) is 0.125. The molecule has 0 unspecified atom stereocenters. The maximum Gasteiger partial charge on any atom is 0.244 e. The third-order valence-electron chi connectivity index (χ3n) is 2.80. The molecule has 0 aromatic carbocycles. The molecule has 0 radical (unpaired) electrons. The van der Waals surface area contributed by atoms with E-state index in [-0.39, 0.29) is 74.8 Å². The van der Waals surface area contributed by atoms with E-state index in [0.29, 0.717) is 0 Å². The fraction of sp³-hybridized carbons (Fsp3) is 0.533. The van der Waals surface area contributed by atoms with E-state index in [9.17, 15) is 14.7 Å². The molecule has 146 valence electrons. The fourth-order valence-corrected chi connectivity index (χ4v) is 1.69. The van der Waals surface area contributed by atoms with Crippen molar-refractivity contribution in [1.29, 1.82) is 5.41 Å². The van der Waals surface area contributed by atoms with Crippen molar-refractivity contribution >= 4 is 42.5 Å². The number of hydrogen-bond donors (Lipinski definition) is 6. The molecule has 0 fully saturated rings. The lowest BCUT2D eigenvalue weighted by molar-refractivity contribution is -0.121. The number of carbonyl (C=O) groups is 2. The standard InChI is InChI=1S/C15H27N5O3.2ClH/c1-2-3-4-5-14(22)20-10-12(21)8-11(16)9-15(23)19-7-6-13(17)18;;/h2-5,11-12,21H,6-10,16H2,1H3,(H3,17,18)(H,19,23)(H,20,22);2*1H/t11-,12-;;/m1../s1. The van der Waals surface area contributed by atoms with Gasteiger partial charge in [0, 0.05) is 38.0 Å². The van der Waals surface area contributed by atoms with Gasteiger partial charge in [-0.1, -0.05) is 18.2 Å². The maximum absolute atomic E-state index is 11.6. The first kappa shape index (κ1) is 28.2. The molecule has 25 heavy (non-hydrogen) atoms. The number of aliphatic hydroxyl groups excluding tert-OH is 1. The highest BCUT2D eigenvalue weighted by Gasteiger charge is 2.14. The zero-order valence-electron chi connectivity index (χ0n) is 14.2. The number of nitrogens with one attached hydrogen (secondary N) is 3. The average molecular weight is 398 g/mol. The lowest BCUT2D eigenvalue weighted by atomic mass is 10.1. The Hall–Kier alpha value is -1.61. The number of aliphatic hydroxyl groups is 1. The van der Waals surface area contributed by atoms with Gasteiger partial charge in [-0.25, -0.2) is 0 Å². The SMILES string of the molecule is CC=CC=CC(=O)NC[C@H](O)C[C@@H](N)CC(=O)NCCC(=N)N.Cl.Cl. The molecule has 2 atom stereocenters. The predicted octanol–water partition coefficient (Wildman–Crippen LogP) is -0.0108. The Bertz CT molecular complexity index is 458. The fourth-order valence-electron chi connectivity index (χ4n) is 1.69. The van der Waals surface area contributed by atoms with Crippen LogP contribution in [0.5, 0.6) is 0 Å². The first-order valence-corrected chi connectivity index (χ1v) is 7.45. The van der Waals surface area contributed by atoms with Gasteiger partial charge in [-0.2, -0.15) is 0 Å². The van der Waals surface area contributed by atoms with Crippen molar-refractivity contribution in [2.24, 2.45) is 11.5 Å². The topological polar surface area (TPSA) is 154 Å². The number of rotatable bonds is 11. The van der Waals surface area contributed by atoms with Gasteiger partial charge in [0.25, 0.3) is 0 Å². The Kier molecular flexibility index (Phi) is 19.4. The molecule has 0 heterocycles. The molecule has 10 heteroatoms. The van der Waals surface area contributed by atoms with Crippen molar-refractivity contribution in [1.82, 2.24) is 10.6 Å². The minimum atomic E-state index is -0.825. The van der Waals surface area contributed by atoms with Crippen LogP contribution >= 0.6 is 24.8 Å². The molecule has 0 aliphatic rings. The van der Waals surface area contributed by atoms with E-state index in [1.54, 1.807) is 18.2 Å². The Labute approximate surface area is 160 Å². The number of halogens is 2. The van der Waals surface area contributed by atoms with Gasteiger partial charge in [0.05, 0.1) is 11.9 Å². The van der Waals surface area contributed by atoms with Crippen LogP contribution in [0.4, 0.5) is 0 Å². The lowest BCUT2D eigenvalue weighted by Gasteiger charge is -2.16. The minimum Gasteiger partial charge on any atom is -0.391 e. The second-order valence-electron chi connectivity index (χ2n) is 5.11. The zero-order valence-corrected chi connectivity index (χ0v) is 15.9. The summed E-state index contributed by atoms with van der Waals surface area (Å²) in [6.07, 6.45) is 6.18. The minimum absolute atomic E-state index is 0. The Morgan fingerprint density at radius 1 is 1.24 bits per heavy atom. The maximum atomic E-state index is 11.6. The predicted molar refractivity (Wildman–Crippen MR) is 104 cm³/mol. The van der Waals surface area contributed by atoms with Gasteiger partial charge in [0.2, 0.25) is 11.8 Å². The summed E-state index contributed by atoms with van der Waals surface area (Å²) in [6, 6.07) is -0.516. The number of amidine groups is 1. The number of amides is 2. The van der Waals surface area contributed by atoms with Gasteiger partial charge in [-0.05, 0) is 13.3 Å². The molecule has 8 N–H and O–H groups in total. The third-order valence-corrected chi connectivity index (χ3v) is 2.80. The molecule has 0 bridgehead atoms. The van der Waals surface area contributed by atoms with Gasteiger partial charge in [-0.3, -0.25) is 15.0 Å². The second kappa shape index (κ2) is 17.2. The van der Waals surface area contributed by atoms with Crippen molar-refractivity contribution in [3.05, 3.63) is 24.3 Å². The molecule has 0 spiro atoms. The smallest absolute Gasteiger partial charge is 0.244 e. The summed E-state index contributed by atoms with van der Waals surface area (Å²) in [5, 5.41) is 22.0. The highest BCUT2D eigenvalue weighted by atomic mass is 35.5. The van der Waals surface area contributed by atoms with Gasteiger partial charge in [-0.15, -0.1) is 24.8 Å². The first-order valence-electron chi connectivity index (χ1n) is 7.45. The van der Waals surface area contributed by atoms with E-state index in [1.165, 1.54) is 6.08 Å². The molecule has 0 aromatic heterocycles. The van der Waals surface area contributed by atoms with E-state index >= 15 is 0 Å². The van der Waals surface area contributed by atoms with E-state index in [2.05, 4.69) is 10.6 Å². The number of allylic oxidation sites excluding steroid dienone is 3. The molecule has 0 aliphatic carbocycles. The first-order chi connectivity index (χ1) is 10.8. The summed E-state index contributed by atoms with van der Waals surface area (Å²) in [4.78, 5) is 23.0. The Morgan fingerprint density at radius 3 is 2.44 bits per heavy atom. The van der Waals surface area contributed by atoms with Crippen LogP contribution in [0.3, 0.4) is 0 Å². The highest BCUT2D eigenvalue weighted by Crippen LogP contribution is 2.00. The molecule has 0 saturated carbocycles. The van der Waals surface area contributed by atoms with Gasteiger partial charge < -0.3 is 27.2 Å². The summed E-state index contributed by atoms with van der Waals surface area (Å²) < 4.78 is 0. The van der Waals surface area contributed by atoms with E-state index in [4.69, 9.17) is 16.9 Å². The normalized spacial score (nSPS) is 12.8. The van der Waals surface area contributed by atoms with E-state index < -0.39 is 12.1 Å². The molecule has 0 aromatic rings. The van der Waals surface area contributed by atoms with Crippen LogP contribution in [-0.2, 0) is 9.59 Å². The van der Waals surface area contributed by atoms with Crippen molar-refractivity contribution in [2.75, 3.05) is 13.1 Å². The van der Waals surface area contributed by atoms with Crippen LogP contribution in [0.2, 0.25) is 0 Å². The number of carbonyl (C=O) groups excluding carboxylic acids is 2. The van der Waals surface area contributed by atoms with Crippen LogP contribution < -0.4 is 22.1 Å². The van der Waals surface area contributed by atoms with Crippen LogP contribution in [-0.4, -0.2) is 48.0 Å². The van der Waals surface area contributed by atoms with E-state index in [0.717, 1.165) is 0 Å². The van der Waals surface area contributed by atoms with Crippen LogP contribution in [0.25, 0.3) is 0 Å². The van der Waals surface area contributed by atoms with Crippen LogP contribution in [0.15, 0.2) is 24.3 Å². The molecular weight excluding hydrogens is 369 g/mol. The lowest BCUT2D eigenvalue weighted by Crippen LogP contribution is -2.38. The van der Waals surface area contributed by atoms with Gasteiger partial charge in [0.15, 0.2) is 0 Å². The number of hydrogen-bond acceptors (Lipinski definition) is 5.